The predicted molar refractivity (Wildman–Crippen MR) is 58.1 cm³/mol. The average Bonchev–Trinajstić information content (AvgIpc) is 2.12. The van der Waals surface area contributed by atoms with Crippen molar-refractivity contribution in [2.24, 2.45) is 0 Å². The summed E-state index contributed by atoms with van der Waals surface area (Å²) in [5.74, 6) is 0.401. The van der Waals surface area contributed by atoms with Gasteiger partial charge in [0.25, 0.3) is 0 Å². The molecule has 0 aromatic rings. The second kappa shape index (κ2) is 7.20. The predicted octanol–water partition coefficient (Wildman–Crippen LogP) is 0.172. The third-order valence-electron chi connectivity index (χ3n) is 2.02. The van der Waals surface area contributed by atoms with E-state index < -0.39 is 9.84 Å². The fourth-order valence-corrected chi connectivity index (χ4v) is 2.26. The molecule has 1 unspecified atom stereocenters. The Morgan fingerprint density at radius 3 is 2.50 bits per heavy atom. The summed E-state index contributed by atoms with van der Waals surface area (Å²) in [5.41, 5.74) is 0. The molecule has 0 aliphatic heterocycles. The van der Waals surface area contributed by atoms with E-state index in [1.807, 2.05) is 6.92 Å². The highest BCUT2D eigenvalue weighted by Gasteiger charge is 2.12. The van der Waals surface area contributed by atoms with Crippen LogP contribution in [0.15, 0.2) is 0 Å². The standard InChI is InChI=1S/C9H21NO3S/c1-3-14(12,13)8-9(2)10-6-4-5-7-11/h9-11H,3-8H2,1-2H3. The normalized spacial score (nSPS) is 14.2. The number of aliphatic hydroxyl groups excluding tert-OH is 1. The first-order valence-electron chi connectivity index (χ1n) is 5.06. The van der Waals surface area contributed by atoms with Crippen molar-refractivity contribution in [3.05, 3.63) is 0 Å². The molecule has 0 amide bonds. The second-order valence-electron chi connectivity index (χ2n) is 3.48. The third kappa shape index (κ3) is 7.29. The Hall–Kier alpha value is -0.130. The lowest BCUT2D eigenvalue weighted by atomic mass is 10.3. The van der Waals surface area contributed by atoms with Gasteiger partial charge in [-0.15, -0.1) is 0 Å². The highest BCUT2D eigenvalue weighted by Crippen LogP contribution is 1.95. The van der Waals surface area contributed by atoms with Gasteiger partial charge in [0, 0.05) is 18.4 Å². The molecule has 0 aliphatic rings. The zero-order valence-electron chi connectivity index (χ0n) is 8.99. The first kappa shape index (κ1) is 13.9. The molecule has 0 fully saturated rings. The van der Waals surface area contributed by atoms with Crippen LogP contribution < -0.4 is 5.32 Å². The topological polar surface area (TPSA) is 66.4 Å². The van der Waals surface area contributed by atoms with Crippen molar-refractivity contribution in [1.82, 2.24) is 5.32 Å². The summed E-state index contributed by atoms with van der Waals surface area (Å²) >= 11 is 0. The molecule has 0 aromatic carbocycles. The minimum atomic E-state index is -2.87. The molecule has 2 N–H and O–H groups in total. The van der Waals surface area contributed by atoms with Gasteiger partial charge in [-0.3, -0.25) is 0 Å². The Morgan fingerprint density at radius 2 is 2.00 bits per heavy atom. The Balaban J connectivity index is 3.60. The maximum atomic E-state index is 11.2. The number of unbranched alkanes of at least 4 members (excludes halogenated alkanes) is 1. The molecule has 5 heteroatoms. The molecule has 86 valence electrons. The van der Waals surface area contributed by atoms with E-state index in [0.29, 0.717) is 0 Å². The fraction of sp³-hybridized carbons (Fsp3) is 1.00. The third-order valence-corrected chi connectivity index (χ3v) is 3.91. The van der Waals surface area contributed by atoms with Gasteiger partial charge in [0.1, 0.15) is 0 Å². The summed E-state index contributed by atoms with van der Waals surface area (Å²) in [4.78, 5) is 0. The number of hydrogen-bond acceptors (Lipinski definition) is 4. The van der Waals surface area contributed by atoms with Crippen LogP contribution in [-0.4, -0.2) is 44.2 Å². The van der Waals surface area contributed by atoms with Gasteiger partial charge >= 0.3 is 0 Å². The van der Waals surface area contributed by atoms with Gasteiger partial charge in [-0.2, -0.15) is 0 Å². The van der Waals surface area contributed by atoms with Gasteiger partial charge in [-0.25, -0.2) is 8.42 Å². The molecule has 0 bridgehead atoms. The first-order valence-corrected chi connectivity index (χ1v) is 6.88. The van der Waals surface area contributed by atoms with Crippen LogP contribution in [0.3, 0.4) is 0 Å². The molecule has 0 saturated heterocycles. The molecule has 1 atom stereocenters. The quantitative estimate of drug-likeness (QED) is 0.576. The van der Waals surface area contributed by atoms with E-state index in [9.17, 15) is 8.42 Å². The second-order valence-corrected chi connectivity index (χ2v) is 5.88. The van der Waals surface area contributed by atoms with Crippen LogP contribution in [0.4, 0.5) is 0 Å². The number of nitrogens with one attached hydrogen (secondary N) is 1. The van der Waals surface area contributed by atoms with Gasteiger partial charge in [0.05, 0.1) is 5.75 Å². The van der Waals surface area contributed by atoms with Crippen LogP contribution in [0.1, 0.15) is 26.7 Å². The largest absolute Gasteiger partial charge is 0.396 e. The SMILES string of the molecule is CCS(=O)(=O)CC(C)NCCCCO. The van der Waals surface area contributed by atoms with E-state index in [2.05, 4.69) is 5.32 Å². The van der Waals surface area contributed by atoms with Gasteiger partial charge < -0.3 is 10.4 Å². The highest BCUT2D eigenvalue weighted by molar-refractivity contribution is 7.91. The van der Waals surface area contributed by atoms with Crippen LogP contribution in [0, 0.1) is 0 Å². The van der Waals surface area contributed by atoms with E-state index >= 15 is 0 Å². The lowest BCUT2D eigenvalue weighted by Crippen LogP contribution is -2.34. The lowest BCUT2D eigenvalue weighted by Gasteiger charge is -2.12. The molecule has 0 spiro atoms. The number of hydrogen-bond donors (Lipinski definition) is 2. The monoisotopic (exact) mass is 223 g/mol. The van der Waals surface area contributed by atoms with Gasteiger partial charge in [-0.05, 0) is 26.3 Å². The highest BCUT2D eigenvalue weighted by atomic mass is 32.2. The molecule has 4 nitrogen and oxygen atoms in total. The van der Waals surface area contributed by atoms with Crippen molar-refractivity contribution in [1.29, 1.82) is 0 Å². The van der Waals surface area contributed by atoms with E-state index in [-0.39, 0.29) is 24.2 Å². The summed E-state index contributed by atoms with van der Waals surface area (Å²) in [7, 11) is -2.87. The zero-order chi connectivity index (χ0) is 11.0. The Kier molecular flexibility index (Phi) is 7.13. The molecule has 14 heavy (non-hydrogen) atoms. The molecule has 0 aliphatic carbocycles. The smallest absolute Gasteiger partial charge is 0.151 e. The summed E-state index contributed by atoms with van der Waals surface area (Å²) in [6.07, 6.45) is 1.65. The number of aliphatic hydroxyl groups is 1. The minimum absolute atomic E-state index is 0.00126. The van der Waals surface area contributed by atoms with E-state index in [0.717, 1.165) is 19.4 Å². The van der Waals surface area contributed by atoms with Crippen molar-refractivity contribution in [3.63, 3.8) is 0 Å². The van der Waals surface area contributed by atoms with E-state index in [1.54, 1.807) is 6.92 Å². The summed E-state index contributed by atoms with van der Waals surface area (Å²) < 4.78 is 22.4. The molecular weight excluding hydrogens is 202 g/mol. The maximum Gasteiger partial charge on any atom is 0.151 e. The fourth-order valence-electron chi connectivity index (χ4n) is 1.14. The van der Waals surface area contributed by atoms with E-state index in [1.165, 1.54) is 0 Å². The molecule has 0 saturated carbocycles. The maximum absolute atomic E-state index is 11.2. The van der Waals surface area contributed by atoms with Gasteiger partial charge in [-0.1, -0.05) is 6.92 Å². The molecule has 0 aromatic heterocycles. The Morgan fingerprint density at radius 1 is 1.36 bits per heavy atom. The zero-order valence-corrected chi connectivity index (χ0v) is 9.81. The average molecular weight is 223 g/mol. The van der Waals surface area contributed by atoms with Crippen molar-refractivity contribution in [3.8, 4) is 0 Å². The van der Waals surface area contributed by atoms with Crippen LogP contribution in [0.2, 0.25) is 0 Å². The van der Waals surface area contributed by atoms with Crippen molar-refractivity contribution < 1.29 is 13.5 Å². The molecular formula is C9H21NO3S. The van der Waals surface area contributed by atoms with Crippen LogP contribution in [0.25, 0.3) is 0 Å². The van der Waals surface area contributed by atoms with Crippen molar-refractivity contribution in [2.75, 3.05) is 24.7 Å². The Bertz CT molecular complexity index is 226. The summed E-state index contributed by atoms with van der Waals surface area (Å²) in [5, 5.41) is 11.6. The van der Waals surface area contributed by atoms with E-state index in [4.69, 9.17) is 5.11 Å². The molecule has 0 radical (unpaired) electrons. The molecule has 0 heterocycles. The van der Waals surface area contributed by atoms with Crippen molar-refractivity contribution >= 4 is 9.84 Å². The van der Waals surface area contributed by atoms with Gasteiger partial charge in [0.15, 0.2) is 9.84 Å². The minimum Gasteiger partial charge on any atom is -0.396 e. The molecule has 0 rings (SSSR count). The number of sulfone groups is 1. The van der Waals surface area contributed by atoms with Gasteiger partial charge in [0.2, 0.25) is 0 Å². The van der Waals surface area contributed by atoms with Crippen molar-refractivity contribution in [2.45, 2.75) is 32.7 Å². The van der Waals surface area contributed by atoms with Crippen LogP contribution in [0.5, 0.6) is 0 Å². The van der Waals surface area contributed by atoms with Crippen LogP contribution >= 0.6 is 0 Å². The lowest BCUT2D eigenvalue weighted by molar-refractivity contribution is 0.283. The summed E-state index contributed by atoms with van der Waals surface area (Å²) in [6, 6.07) is -0.00126. The number of rotatable bonds is 8. The first-order chi connectivity index (χ1) is 6.52. The Labute approximate surface area is 86.6 Å². The van der Waals surface area contributed by atoms with Crippen LogP contribution in [-0.2, 0) is 9.84 Å². The summed E-state index contributed by atoms with van der Waals surface area (Å²) in [6.45, 7) is 4.49.